The fourth-order valence-corrected chi connectivity index (χ4v) is 7.35. The molecule has 0 saturated heterocycles. The summed E-state index contributed by atoms with van der Waals surface area (Å²) in [5.41, 5.74) is 2.35. The molecule has 3 aromatic carbocycles. The zero-order valence-electron chi connectivity index (χ0n) is 40.9. The predicted molar refractivity (Wildman–Crippen MR) is 267 cm³/mol. The highest BCUT2D eigenvalue weighted by Crippen LogP contribution is 2.19. The van der Waals surface area contributed by atoms with Gasteiger partial charge in [-0.1, -0.05) is 152 Å². The van der Waals surface area contributed by atoms with Crippen molar-refractivity contribution in [2.24, 2.45) is 0 Å². The summed E-state index contributed by atoms with van der Waals surface area (Å²) >= 11 is 0. The lowest BCUT2D eigenvalue weighted by molar-refractivity contribution is -0.154. The number of ether oxygens (including phenoxy) is 6. The molecule has 0 N–H and O–H groups in total. The molecule has 0 saturated carbocycles. The fourth-order valence-electron chi connectivity index (χ4n) is 7.35. The third kappa shape index (κ3) is 27.1. The molecule has 0 bridgehead atoms. The molecule has 0 heterocycles. The van der Waals surface area contributed by atoms with Gasteiger partial charge in [0.1, 0.15) is 17.5 Å². The Labute approximate surface area is 409 Å². The van der Waals surface area contributed by atoms with Crippen molar-refractivity contribution in [2.75, 3.05) is 46.2 Å². The van der Waals surface area contributed by atoms with Crippen LogP contribution >= 0.6 is 0 Å². The minimum absolute atomic E-state index is 0.227. The third-order valence-electron chi connectivity index (χ3n) is 11.6. The molecule has 9 nitrogen and oxygen atoms in total. The van der Waals surface area contributed by atoms with Crippen molar-refractivity contribution in [2.45, 2.75) is 148 Å². The van der Waals surface area contributed by atoms with Crippen LogP contribution in [-0.2, 0) is 42.8 Å². The summed E-state index contributed by atoms with van der Waals surface area (Å²) < 4.78 is 73.9. The molecular weight excluding hydrogens is 886 g/mol. The lowest BCUT2D eigenvalue weighted by atomic mass is 10.1. The topological polar surface area (TPSA) is 107 Å². The van der Waals surface area contributed by atoms with E-state index in [1.807, 2.05) is 0 Å². The average Bonchev–Trinajstić information content (AvgIpc) is 3.35. The maximum absolute atomic E-state index is 13.2. The summed E-state index contributed by atoms with van der Waals surface area (Å²) in [4.78, 5) is 36.8. The summed E-state index contributed by atoms with van der Waals surface area (Å²) in [6.07, 6.45) is 21.6. The minimum atomic E-state index is -0.477. The molecule has 0 aliphatic rings. The van der Waals surface area contributed by atoms with Gasteiger partial charge in [0.2, 0.25) is 0 Å². The maximum atomic E-state index is 13.2. The van der Waals surface area contributed by atoms with E-state index in [4.69, 9.17) is 28.4 Å². The monoisotopic (exact) mass is 963 g/mol. The van der Waals surface area contributed by atoms with Gasteiger partial charge in [0.05, 0.1) is 43.1 Å². The van der Waals surface area contributed by atoms with E-state index in [1.165, 1.54) is 72.8 Å². The first-order chi connectivity index (χ1) is 33.5. The molecule has 0 spiro atoms. The quantitative estimate of drug-likeness (QED) is 0.0181. The zero-order valence-corrected chi connectivity index (χ0v) is 40.9. The molecule has 0 aliphatic carbocycles. The molecule has 3 aromatic rings. The Morgan fingerprint density at radius 3 is 0.884 bits per heavy atom. The minimum Gasteiger partial charge on any atom is -0.462 e. The molecule has 0 amide bonds. The summed E-state index contributed by atoms with van der Waals surface area (Å²) in [6, 6.07) is 16.9. The molecule has 0 fully saturated rings. The Balaban J connectivity index is 1.20. The molecule has 0 unspecified atom stereocenters. The summed E-state index contributed by atoms with van der Waals surface area (Å²) in [5.74, 6) is -2.52. The van der Waals surface area contributed by atoms with Gasteiger partial charge >= 0.3 is 17.9 Å². The van der Waals surface area contributed by atoms with E-state index in [-0.39, 0.29) is 40.5 Å². The third-order valence-corrected chi connectivity index (χ3v) is 11.6. The van der Waals surface area contributed by atoms with Gasteiger partial charge in [0, 0.05) is 26.2 Å². The van der Waals surface area contributed by atoms with Crippen molar-refractivity contribution in [1.29, 1.82) is 0 Å². The largest absolute Gasteiger partial charge is 0.462 e. The van der Waals surface area contributed by atoms with Gasteiger partial charge in [0.15, 0.2) is 6.29 Å². The molecule has 69 heavy (non-hydrogen) atoms. The second kappa shape index (κ2) is 36.9. The van der Waals surface area contributed by atoms with Gasteiger partial charge < -0.3 is 28.4 Å². The highest BCUT2D eigenvalue weighted by atomic mass is 19.1. The Hall–Kier alpha value is -5.04. The highest BCUT2D eigenvalue weighted by Gasteiger charge is 2.14. The van der Waals surface area contributed by atoms with Crippen LogP contribution in [0.4, 0.5) is 13.2 Å². The summed E-state index contributed by atoms with van der Waals surface area (Å²) in [5, 5.41) is 0. The number of hydrogen-bond donors (Lipinski definition) is 0. The highest BCUT2D eigenvalue weighted by molar-refractivity contribution is 6.16. The van der Waals surface area contributed by atoms with Crippen LogP contribution in [-0.4, -0.2) is 70.4 Å². The molecule has 0 atom stereocenters. The number of rotatable bonds is 41. The first kappa shape index (κ1) is 58.3. The Kier molecular flexibility index (Phi) is 31.1. The van der Waals surface area contributed by atoms with Gasteiger partial charge in [-0.25, -0.2) is 27.6 Å². The van der Waals surface area contributed by atoms with Crippen molar-refractivity contribution in [3.05, 3.63) is 127 Å². The van der Waals surface area contributed by atoms with Crippen LogP contribution in [0.2, 0.25) is 0 Å². The van der Waals surface area contributed by atoms with Crippen molar-refractivity contribution in [3.8, 4) is 0 Å². The number of carbonyl (C=O) groups is 3. The molecule has 380 valence electrons. The van der Waals surface area contributed by atoms with E-state index in [0.29, 0.717) is 69.4 Å². The molecule has 3 rings (SSSR count). The second-order valence-electron chi connectivity index (χ2n) is 17.4. The molecule has 0 aromatic heterocycles. The van der Waals surface area contributed by atoms with E-state index < -0.39 is 17.9 Å². The van der Waals surface area contributed by atoms with Crippen molar-refractivity contribution in [1.82, 2.24) is 0 Å². The molecule has 12 heteroatoms. The van der Waals surface area contributed by atoms with E-state index in [2.05, 4.69) is 19.7 Å². The summed E-state index contributed by atoms with van der Waals surface area (Å²) in [6.45, 7) is 14.9. The van der Waals surface area contributed by atoms with Crippen LogP contribution in [0.15, 0.2) is 92.5 Å². The van der Waals surface area contributed by atoms with Gasteiger partial charge in [0.25, 0.3) is 0 Å². The molecular formula is C57H77F3O9. The van der Waals surface area contributed by atoms with Crippen LogP contribution in [0.25, 0.3) is 16.7 Å². The Morgan fingerprint density at radius 1 is 0.348 bits per heavy atom. The van der Waals surface area contributed by atoms with E-state index >= 15 is 0 Å². The van der Waals surface area contributed by atoms with Crippen molar-refractivity contribution < 1.29 is 56.0 Å². The molecule has 0 radical (unpaired) electrons. The van der Waals surface area contributed by atoms with E-state index in [9.17, 15) is 27.6 Å². The van der Waals surface area contributed by atoms with Gasteiger partial charge in [-0.3, -0.25) is 0 Å². The smallest absolute Gasteiger partial charge is 0.338 e. The normalized spacial score (nSPS) is 11.1. The number of benzene rings is 3. The number of unbranched alkanes of at least 4 members (excludes halogenated alkanes) is 18. The van der Waals surface area contributed by atoms with Crippen LogP contribution in [0.1, 0.15) is 158 Å². The Bertz CT molecular complexity index is 1820. The van der Waals surface area contributed by atoms with E-state index in [1.54, 1.807) is 0 Å². The van der Waals surface area contributed by atoms with Crippen LogP contribution < -0.4 is 0 Å². The number of hydrogen-bond acceptors (Lipinski definition) is 9. The zero-order chi connectivity index (χ0) is 49.7. The van der Waals surface area contributed by atoms with Gasteiger partial charge in [-0.05, 0) is 91.6 Å². The van der Waals surface area contributed by atoms with Crippen molar-refractivity contribution in [3.63, 3.8) is 0 Å². The van der Waals surface area contributed by atoms with E-state index in [0.717, 1.165) is 135 Å². The van der Waals surface area contributed by atoms with Crippen LogP contribution in [0.3, 0.4) is 0 Å². The number of esters is 3. The van der Waals surface area contributed by atoms with Gasteiger partial charge in [-0.2, -0.15) is 0 Å². The van der Waals surface area contributed by atoms with Crippen LogP contribution in [0, 0.1) is 17.5 Å². The first-order valence-corrected chi connectivity index (χ1v) is 25.2. The summed E-state index contributed by atoms with van der Waals surface area (Å²) in [7, 11) is 0. The van der Waals surface area contributed by atoms with Gasteiger partial charge in [-0.15, -0.1) is 0 Å². The standard InChI is InChI=1S/C57H77F3O9/c1-45(48-25-31-51(58)32-26-48)55(61)67-41-22-16-10-4-7-13-19-38-64-44-37-54(65-39-20-14-8-5-11-17-23-42-68-56(62)46(2)49-27-33-52(59)34-28-49)66-40-21-15-9-6-12-18-24-43-69-57(63)47(3)50-29-35-53(60)36-30-50/h25-36,54H,1-24,37-44H2. The first-order valence-electron chi connectivity index (χ1n) is 25.2. The average molecular weight is 963 g/mol. The van der Waals surface area contributed by atoms with Crippen LogP contribution in [0.5, 0.6) is 0 Å². The molecule has 0 aliphatic heterocycles. The number of halogens is 3. The lowest BCUT2D eigenvalue weighted by Gasteiger charge is -2.19. The SMILES string of the molecule is C=C(C(=O)OCCCCCCCCCOCCC(OCCCCCCCCCOC(=O)C(=C)c1ccc(F)cc1)OCCCCCCCCCOC(=O)C(=C)c1ccc(F)cc1)c1ccc(F)cc1. The maximum Gasteiger partial charge on any atom is 0.338 e. The second-order valence-corrected chi connectivity index (χ2v) is 17.4. The lowest BCUT2D eigenvalue weighted by Crippen LogP contribution is -2.21. The number of carbonyl (C=O) groups excluding carboxylic acids is 3. The predicted octanol–water partition coefficient (Wildman–Crippen LogP) is 14.1. The fraction of sp³-hybridized carbons (Fsp3) is 0.526. The van der Waals surface area contributed by atoms with Crippen molar-refractivity contribution >= 4 is 34.6 Å². The Morgan fingerprint density at radius 2 is 0.594 bits per heavy atom.